The summed E-state index contributed by atoms with van der Waals surface area (Å²) in [7, 11) is 1.44. The molecule has 6 heteroatoms. The Bertz CT molecular complexity index is 199. The molecule has 90 valence electrons. The van der Waals surface area contributed by atoms with Gasteiger partial charge in [0.25, 0.3) is 0 Å². The number of nitrogens with one attached hydrogen (secondary N) is 1. The number of ether oxygens (including phenoxy) is 1. The van der Waals surface area contributed by atoms with Crippen LogP contribution in [0, 0.1) is 0 Å². The fraction of sp³-hybridized carbons (Fsp3) is 0.889. The lowest BCUT2D eigenvalue weighted by molar-refractivity contribution is -0.141. The molecule has 0 heterocycles. The third-order valence-corrected chi connectivity index (χ3v) is 2.73. The zero-order chi connectivity index (χ0) is 11.9. The van der Waals surface area contributed by atoms with E-state index in [2.05, 4.69) is 5.32 Å². The summed E-state index contributed by atoms with van der Waals surface area (Å²) in [6.45, 7) is 1.99. The van der Waals surface area contributed by atoms with Crippen molar-refractivity contribution in [3.63, 3.8) is 0 Å². The molecule has 0 amide bonds. The number of hydrogen-bond donors (Lipinski definition) is 3. The zero-order valence-electron chi connectivity index (χ0n) is 9.32. The SMILES string of the molecule is COCC(NCC(C)(O)CSC)C(=O)O. The number of carboxylic acid groups (broad SMARTS) is 1. The van der Waals surface area contributed by atoms with Gasteiger partial charge in [0, 0.05) is 19.4 Å². The molecule has 0 aliphatic carbocycles. The normalized spacial score (nSPS) is 17.1. The van der Waals surface area contributed by atoms with E-state index in [-0.39, 0.29) is 13.2 Å². The van der Waals surface area contributed by atoms with E-state index < -0.39 is 17.6 Å². The molecule has 0 radical (unpaired) electrons. The molecule has 2 unspecified atom stereocenters. The molecule has 0 aliphatic rings. The van der Waals surface area contributed by atoms with E-state index in [1.165, 1.54) is 18.9 Å². The zero-order valence-corrected chi connectivity index (χ0v) is 10.1. The lowest BCUT2D eigenvalue weighted by atomic mass is 10.1. The van der Waals surface area contributed by atoms with Gasteiger partial charge >= 0.3 is 5.97 Å². The molecule has 0 saturated carbocycles. The van der Waals surface area contributed by atoms with Crippen LogP contribution in [-0.2, 0) is 9.53 Å². The van der Waals surface area contributed by atoms with Gasteiger partial charge in [-0.1, -0.05) is 0 Å². The Kier molecular flexibility index (Phi) is 6.91. The smallest absolute Gasteiger partial charge is 0.323 e. The van der Waals surface area contributed by atoms with Crippen LogP contribution >= 0.6 is 11.8 Å². The Hall–Kier alpha value is -0.300. The van der Waals surface area contributed by atoms with Gasteiger partial charge in [0.15, 0.2) is 0 Å². The summed E-state index contributed by atoms with van der Waals surface area (Å²) < 4.78 is 4.76. The fourth-order valence-electron chi connectivity index (χ4n) is 1.09. The molecular weight excluding hydrogens is 218 g/mol. The maximum Gasteiger partial charge on any atom is 0.323 e. The van der Waals surface area contributed by atoms with E-state index in [1.54, 1.807) is 6.92 Å². The largest absolute Gasteiger partial charge is 0.480 e. The van der Waals surface area contributed by atoms with Crippen molar-refractivity contribution in [3.8, 4) is 0 Å². The van der Waals surface area contributed by atoms with Crippen LogP contribution in [0.5, 0.6) is 0 Å². The maximum atomic E-state index is 10.7. The molecule has 2 atom stereocenters. The van der Waals surface area contributed by atoms with Crippen LogP contribution in [0.2, 0.25) is 0 Å². The van der Waals surface area contributed by atoms with Gasteiger partial charge in [0.05, 0.1) is 12.2 Å². The summed E-state index contributed by atoms with van der Waals surface area (Å²) in [4.78, 5) is 10.7. The first-order chi connectivity index (χ1) is 6.93. The summed E-state index contributed by atoms with van der Waals surface area (Å²) in [5, 5.41) is 21.4. The second-order valence-electron chi connectivity index (χ2n) is 3.66. The lowest BCUT2D eigenvalue weighted by Gasteiger charge is -2.24. The summed E-state index contributed by atoms with van der Waals surface area (Å²) in [6.07, 6.45) is 1.89. The highest BCUT2D eigenvalue weighted by atomic mass is 32.2. The van der Waals surface area contributed by atoms with Gasteiger partial charge in [-0.25, -0.2) is 0 Å². The minimum atomic E-state index is -0.975. The van der Waals surface area contributed by atoms with Crippen molar-refractivity contribution in [3.05, 3.63) is 0 Å². The van der Waals surface area contributed by atoms with E-state index in [0.29, 0.717) is 5.75 Å². The van der Waals surface area contributed by atoms with Crippen molar-refractivity contribution in [2.75, 3.05) is 32.3 Å². The van der Waals surface area contributed by atoms with Crippen molar-refractivity contribution in [1.29, 1.82) is 0 Å². The molecule has 5 nitrogen and oxygen atoms in total. The number of carboxylic acids is 1. The van der Waals surface area contributed by atoms with Crippen LogP contribution in [0.25, 0.3) is 0 Å². The van der Waals surface area contributed by atoms with Gasteiger partial charge in [-0.05, 0) is 13.2 Å². The third-order valence-electron chi connectivity index (χ3n) is 1.82. The molecule has 0 rings (SSSR count). The van der Waals surface area contributed by atoms with Crippen LogP contribution in [0.4, 0.5) is 0 Å². The number of methoxy groups -OCH3 is 1. The number of thioether (sulfide) groups is 1. The van der Waals surface area contributed by atoms with Gasteiger partial charge < -0.3 is 14.9 Å². The number of aliphatic hydroxyl groups is 1. The molecule has 0 aromatic carbocycles. The van der Waals surface area contributed by atoms with E-state index in [1.807, 2.05) is 6.26 Å². The lowest BCUT2D eigenvalue weighted by Crippen LogP contribution is -2.48. The molecule has 0 aromatic heterocycles. The van der Waals surface area contributed by atoms with Crippen LogP contribution in [0.1, 0.15) is 6.92 Å². The van der Waals surface area contributed by atoms with Crippen molar-refractivity contribution in [2.45, 2.75) is 18.6 Å². The summed E-state index contributed by atoms with van der Waals surface area (Å²) in [5.74, 6) is -0.420. The average Bonchev–Trinajstić information content (AvgIpc) is 2.11. The molecule has 0 aliphatic heterocycles. The van der Waals surface area contributed by atoms with E-state index in [9.17, 15) is 9.90 Å². The Labute approximate surface area is 94.2 Å². The number of hydrogen-bond acceptors (Lipinski definition) is 5. The summed E-state index contributed by atoms with van der Waals surface area (Å²) in [5.41, 5.74) is -0.902. The predicted molar refractivity (Wildman–Crippen MR) is 60.3 cm³/mol. The van der Waals surface area contributed by atoms with Crippen molar-refractivity contribution in [1.82, 2.24) is 5.32 Å². The summed E-state index contributed by atoms with van der Waals surface area (Å²) in [6, 6.07) is -0.775. The second-order valence-corrected chi connectivity index (χ2v) is 4.52. The first kappa shape index (κ1) is 14.7. The highest BCUT2D eigenvalue weighted by molar-refractivity contribution is 7.98. The number of rotatable bonds is 8. The molecule has 3 N–H and O–H groups in total. The number of carbonyl (C=O) groups is 1. The van der Waals surface area contributed by atoms with Crippen LogP contribution in [0.3, 0.4) is 0 Å². The molecule has 0 aromatic rings. The Balaban J connectivity index is 4.03. The van der Waals surface area contributed by atoms with Crippen molar-refractivity contribution in [2.24, 2.45) is 0 Å². The van der Waals surface area contributed by atoms with Gasteiger partial charge in [0.1, 0.15) is 6.04 Å². The monoisotopic (exact) mass is 237 g/mol. The van der Waals surface area contributed by atoms with E-state index >= 15 is 0 Å². The van der Waals surface area contributed by atoms with Crippen LogP contribution < -0.4 is 5.32 Å². The van der Waals surface area contributed by atoms with Crippen molar-refractivity contribution < 1.29 is 19.7 Å². The highest BCUT2D eigenvalue weighted by Gasteiger charge is 2.24. The fourth-order valence-corrected chi connectivity index (χ4v) is 1.81. The Morgan fingerprint density at radius 1 is 1.67 bits per heavy atom. The molecule has 0 spiro atoms. The summed E-state index contributed by atoms with van der Waals surface area (Å²) >= 11 is 1.51. The highest BCUT2D eigenvalue weighted by Crippen LogP contribution is 2.09. The van der Waals surface area contributed by atoms with E-state index in [4.69, 9.17) is 9.84 Å². The molecule has 0 fully saturated rings. The minimum absolute atomic E-state index is 0.0880. The van der Waals surface area contributed by atoms with Crippen LogP contribution in [-0.4, -0.2) is 60.1 Å². The van der Waals surface area contributed by atoms with Gasteiger partial charge in [-0.2, -0.15) is 11.8 Å². The van der Waals surface area contributed by atoms with Gasteiger partial charge in [-0.15, -0.1) is 0 Å². The van der Waals surface area contributed by atoms with Gasteiger partial charge in [0.2, 0.25) is 0 Å². The molecular formula is C9H19NO4S. The molecule has 0 bridgehead atoms. The van der Waals surface area contributed by atoms with Crippen LogP contribution in [0.15, 0.2) is 0 Å². The Morgan fingerprint density at radius 3 is 2.67 bits per heavy atom. The standard InChI is InChI=1S/C9H19NO4S/c1-9(13,6-15-3)5-10-7(4-14-2)8(11)12/h7,10,13H,4-6H2,1-3H3,(H,11,12). The molecule has 0 saturated heterocycles. The second kappa shape index (κ2) is 7.05. The number of aliphatic carboxylic acids is 1. The third kappa shape index (κ3) is 6.72. The first-order valence-electron chi connectivity index (χ1n) is 4.59. The van der Waals surface area contributed by atoms with E-state index in [0.717, 1.165) is 0 Å². The van der Waals surface area contributed by atoms with Gasteiger partial charge in [-0.3, -0.25) is 10.1 Å². The average molecular weight is 237 g/mol. The molecule has 15 heavy (non-hydrogen) atoms. The minimum Gasteiger partial charge on any atom is -0.480 e. The topological polar surface area (TPSA) is 78.8 Å². The first-order valence-corrected chi connectivity index (χ1v) is 5.99. The Morgan fingerprint density at radius 2 is 2.27 bits per heavy atom. The maximum absolute atomic E-state index is 10.7. The predicted octanol–water partition coefficient (Wildman–Crippen LogP) is -0.210. The quantitative estimate of drug-likeness (QED) is 0.542. The van der Waals surface area contributed by atoms with Crippen molar-refractivity contribution >= 4 is 17.7 Å².